The fourth-order valence-electron chi connectivity index (χ4n) is 2.72. The molecular weight excluding hydrogens is 202 g/mol. The third-order valence-electron chi connectivity index (χ3n) is 3.99. The van der Waals surface area contributed by atoms with Gasteiger partial charge in [-0.1, -0.05) is 19.8 Å². The van der Waals surface area contributed by atoms with Crippen LogP contribution in [-0.2, 0) is 0 Å². The van der Waals surface area contributed by atoms with Gasteiger partial charge in [-0.3, -0.25) is 0 Å². The van der Waals surface area contributed by atoms with Crippen LogP contribution in [0.15, 0.2) is 0 Å². The molecule has 0 atom stereocenters. The fourth-order valence-corrected chi connectivity index (χ4v) is 3.59. The van der Waals surface area contributed by atoms with Crippen molar-refractivity contribution in [1.29, 1.82) is 0 Å². The zero-order chi connectivity index (χ0) is 10.6. The predicted molar refractivity (Wildman–Crippen MR) is 69.5 cm³/mol. The summed E-state index contributed by atoms with van der Waals surface area (Å²) in [7, 11) is 0. The Balaban J connectivity index is 1.73. The SMILES string of the molecule is CCSCCC1(CNC2CC2)CCCC1. The van der Waals surface area contributed by atoms with Gasteiger partial charge >= 0.3 is 0 Å². The molecule has 0 unspecified atom stereocenters. The van der Waals surface area contributed by atoms with Crippen molar-refractivity contribution in [2.45, 2.75) is 57.9 Å². The summed E-state index contributed by atoms with van der Waals surface area (Å²) in [6, 6.07) is 0.890. The standard InChI is InChI=1S/C13H25NS/c1-2-15-10-9-13(7-3-4-8-13)11-14-12-5-6-12/h12,14H,2-11H2,1H3. The van der Waals surface area contributed by atoms with E-state index in [0.717, 1.165) is 6.04 Å². The Kier molecular flexibility index (Phi) is 4.39. The third kappa shape index (κ3) is 3.67. The second-order valence-corrected chi connectivity index (χ2v) is 6.70. The van der Waals surface area contributed by atoms with Gasteiger partial charge in [-0.25, -0.2) is 0 Å². The molecule has 2 aliphatic carbocycles. The summed E-state index contributed by atoms with van der Waals surface area (Å²) in [4.78, 5) is 0. The lowest BCUT2D eigenvalue weighted by Crippen LogP contribution is -2.33. The zero-order valence-corrected chi connectivity index (χ0v) is 10.9. The lowest BCUT2D eigenvalue weighted by atomic mass is 9.83. The van der Waals surface area contributed by atoms with Gasteiger partial charge in [0, 0.05) is 12.6 Å². The maximum atomic E-state index is 3.76. The summed E-state index contributed by atoms with van der Waals surface area (Å²) in [6.45, 7) is 3.58. The lowest BCUT2D eigenvalue weighted by Gasteiger charge is -2.29. The molecule has 0 amide bonds. The predicted octanol–water partition coefficient (Wildman–Crippen LogP) is 3.44. The highest BCUT2D eigenvalue weighted by Gasteiger charge is 2.34. The number of hydrogen-bond donors (Lipinski definition) is 1. The second kappa shape index (κ2) is 5.58. The second-order valence-electron chi connectivity index (χ2n) is 5.31. The summed E-state index contributed by atoms with van der Waals surface area (Å²) >= 11 is 2.12. The van der Waals surface area contributed by atoms with Crippen LogP contribution in [0.25, 0.3) is 0 Å². The van der Waals surface area contributed by atoms with Crippen LogP contribution in [0.2, 0.25) is 0 Å². The smallest absolute Gasteiger partial charge is 0.00684 e. The molecule has 2 rings (SSSR count). The summed E-state index contributed by atoms with van der Waals surface area (Å²) < 4.78 is 0. The van der Waals surface area contributed by atoms with E-state index in [1.165, 1.54) is 63.0 Å². The zero-order valence-electron chi connectivity index (χ0n) is 10.1. The van der Waals surface area contributed by atoms with Crippen LogP contribution in [0.5, 0.6) is 0 Å². The van der Waals surface area contributed by atoms with Gasteiger partial charge < -0.3 is 5.32 Å². The summed E-state index contributed by atoms with van der Waals surface area (Å²) in [5.41, 5.74) is 0.685. The van der Waals surface area contributed by atoms with Gasteiger partial charge in [0.2, 0.25) is 0 Å². The summed E-state index contributed by atoms with van der Waals surface area (Å²) in [5.74, 6) is 2.66. The van der Waals surface area contributed by atoms with E-state index >= 15 is 0 Å². The molecule has 0 aromatic carbocycles. The van der Waals surface area contributed by atoms with Crippen LogP contribution in [0.4, 0.5) is 0 Å². The molecule has 2 aliphatic rings. The average Bonchev–Trinajstić information content (AvgIpc) is 2.97. The number of hydrogen-bond acceptors (Lipinski definition) is 2. The van der Waals surface area contributed by atoms with Gasteiger partial charge in [0.05, 0.1) is 0 Å². The molecule has 0 aromatic heterocycles. The first-order valence-electron chi connectivity index (χ1n) is 6.66. The molecule has 0 radical (unpaired) electrons. The fraction of sp³-hybridized carbons (Fsp3) is 1.00. The molecule has 0 aliphatic heterocycles. The minimum atomic E-state index is 0.685. The number of rotatable bonds is 7. The van der Waals surface area contributed by atoms with Crippen molar-refractivity contribution in [2.75, 3.05) is 18.1 Å². The van der Waals surface area contributed by atoms with Gasteiger partial charge in [-0.05, 0) is 49.0 Å². The van der Waals surface area contributed by atoms with E-state index in [9.17, 15) is 0 Å². The van der Waals surface area contributed by atoms with Crippen molar-refractivity contribution in [1.82, 2.24) is 5.32 Å². The monoisotopic (exact) mass is 227 g/mol. The van der Waals surface area contributed by atoms with Gasteiger partial charge in [-0.15, -0.1) is 0 Å². The Hall–Kier alpha value is 0.310. The summed E-state index contributed by atoms with van der Waals surface area (Å²) in [5, 5.41) is 3.76. The maximum absolute atomic E-state index is 3.76. The minimum absolute atomic E-state index is 0.685. The molecular formula is C13H25NS. The number of nitrogens with one attached hydrogen (secondary N) is 1. The number of thioether (sulfide) groups is 1. The Morgan fingerprint density at radius 2 is 2.00 bits per heavy atom. The van der Waals surface area contributed by atoms with Gasteiger partial charge in [0.15, 0.2) is 0 Å². The highest BCUT2D eigenvalue weighted by molar-refractivity contribution is 7.99. The lowest BCUT2D eigenvalue weighted by molar-refractivity contribution is 0.270. The van der Waals surface area contributed by atoms with Crippen molar-refractivity contribution in [3.8, 4) is 0 Å². The topological polar surface area (TPSA) is 12.0 Å². The van der Waals surface area contributed by atoms with E-state index in [1.54, 1.807) is 0 Å². The van der Waals surface area contributed by atoms with Crippen molar-refractivity contribution < 1.29 is 0 Å². The first kappa shape index (κ1) is 11.8. The first-order valence-corrected chi connectivity index (χ1v) is 7.81. The Morgan fingerprint density at radius 1 is 1.27 bits per heavy atom. The van der Waals surface area contributed by atoms with Gasteiger partial charge in [0.1, 0.15) is 0 Å². The molecule has 2 fully saturated rings. The quantitative estimate of drug-likeness (QED) is 0.669. The molecule has 1 nitrogen and oxygen atoms in total. The minimum Gasteiger partial charge on any atom is -0.313 e. The van der Waals surface area contributed by atoms with E-state index in [4.69, 9.17) is 0 Å². The van der Waals surface area contributed by atoms with Crippen LogP contribution in [-0.4, -0.2) is 24.1 Å². The van der Waals surface area contributed by atoms with E-state index in [-0.39, 0.29) is 0 Å². The van der Waals surface area contributed by atoms with Crippen molar-refractivity contribution in [3.63, 3.8) is 0 Å². The largest absolute Gasteiger partial charge is 0.313 e. The molecule has 2 saturated carbocycles. The Bertz CT molecular complexity index is 183. The molecule has 0 spiro atoms. The Labute approximate surface area is 98.8 Å². The molecule has 1 N–H and O–H groups in total. The highest BCUT2D eigenvalue weighted by atomic mass is 32.2. The van der Waals surface area contributed by atoms with E-state index in [0.29, 0.717) is 5.41 Å². The van der Waals surface area contributed by atoms with Crippen molar-refractivity contribution in [2.24, 2.45) is 5.41 Å². The molecule has 2 heteroatoms. The first-order chi connectivity index (χ1) is 7.35. The van der Waals surface area contributed by atoms with Crippen LogP contribution < -0.4 is 5.32 Å². The molecule has 0 saturated heterocycles. The van der Waals surface area contributed by atoms with E-state index in [1.807, 2.05) is 0 Å². The normalized spacial score (nSPS) is 24.6. The Morgan fingerprint density at radius 3 is 2.60 bits per heavy atom. The van der Waals surface area contributed by atoms with Crippen LogP contribution >= 0.6 is 11.8 Å². The molecule has 0 bridgehead atoms. The molecule has 0 heterocycles. The van der Waals surface area contributed by atoms with Crippen molar-refractivity contribution >= 4 is 11.8 Å². The van der Waals surface area contributed by atoms with Crippen molar-refractivity contribution in [3.05, 3.63) is 0 Å². The molecule has 88 valence electrons. The van der Waals surface area contributed by atoms with Gasteiger partial charge in [-0.2, -0.15) is 11.8 Å². The maximum Gasteiger partial charge on any atom is 0.00684 e. The summed E-state index contributed by atoms with van der Waals surface area (Å²) in [6.07, 6.45) is 10.2. The van der Waals surface area contributed by atoms with E-state index in [2.05, 4.69) is 24.0 Å². The highest BCUT2D eigenvalue weighted by Crippen LogP contribution is 2.41. The third-order valence-corrected chi connectivity index (χ3v) is 4.89. The van der Waals surface area contributed by atoms with Crippen LogP contribution in [0, 0.1) is 5.41 Å². The van der Waals surface area contributed by atoms with E-state index < -0.39 is 0 Å². The molecule has 15 heavy (non-hydrogen) atoms. The average molecular weight is 227 g/mol. The van der Waals surface area contributed by atoms with Gasteiger partial charge in [0.25, 0.3) is 0 Å². The van der Waals surface area contributed by atoms with Crippen LogP contribution in [0.1, 0.15) is 51.9 Å². The van der Waals surface area contributed by atoms with Crippen LogP contribution in [0.3, 0.4) is 0 Å². The molecule has 0 aromatic rings.